The van der Waals surface area contributed by atoms with Crippen LogP contribution in [0.2, 0.25) is 0 Å². The van der Waals surface area contributed by atoms with Crippen molar-refractivity contribution in [2.45, 2.75) is 13.8 Å². The molecule has 0 aromatic carbocycles. The molecule has 0 heterocycles. The van der Waals surface area contributed by atoms with E-state index in [1.165, 1.54) is 0 Å². The van der Waals surface area contributed by atoms with E-state index in [4.69, 9.17) is 5.11 Å². The number of hydrogen-bond donors (Lipinski definition) is 1. The average molecular weight is 177 g/mol. The monoisotopic (exact) mass is 177 g/mol. The van der Waals surface area contributed by atoms with Crippen molar-refractivity contribution in [1.82, 2.24) is 4.90 Å². The van der Waals surface area contributed by atoms with Crippen LogP contribution in [-0.4, -0.2) is 47.8 Å². The highest BCUT2D eigenvalue weighted by Gasteiger charge is 1.96. The molecule has 3 heteroatoms. The second kappa shape index (κ2) is 8.37. The molecule has 2 nitrogen and oxygen atoms in total. The van der Waals surface area contributed by atoms with Gasteiger partial charge in [-0.1, -0.05) is 13.8 Å². The maximum absolute atomic E-state index is 8.51. The van der Waals surface area contributed by atoms with Crippen molar-refractivity contribution >= 4 is 11.8 Å². The molecule has 0 atom stereocenters. The van der Waals surface area contributed by atoms with Crippen molar-refractivity contribution in [1.29, 1.82) is 0 Å². The Labute approximate surface area is 74.0 Å². The lowest BCUT2D eigenvalue weighted by molar-refractivity contribution is 0.319. The van der Waals surface area contributed by atoms with Gasteiger partial charge in [0.25, 0.3) is 0 Å². The summed E-state index contributed by atoms with van der Waals surface area (Å²) in [4.78, 5) is 2.39. The van der Waals surface area contributed by atoms with Crippen molar-refractivity contribution in [3.63, 3.8) is 0 Å². The average Bonchev–Trinajstić information content (AvgIpc) is 2.05. The first-order valence-corrected chi connectivity index (χ1v) is 5.41. The number of thioether (sulfide) groups is 1. The Kier molecular flexibility index (Phi) is 8.57. The van der Waals surface area contributed by atoms with E-state index in [9.17, 15) is 0 Å². The molecule has 0 aromatic rings. The van der Waals surface area contributed by atoms with Crippen LogP contribution in [0.3, 0.4) is 0 Å². The van der Waals surface area contributed by atoms with Crippen LogP contribution in [0.25, 0.3) is 0 Å². The molecule has 0 unspecified atom stereocenters. The summed E-state index contributed by atoms with van der Waals surface area (Å²) in [6.07, 6.45) is 0. The van der Waals surface area contributed by atoms with E-state index in [-0.39, 0.29) is 0 Å². The highest BCUT2D eigenvalue weighted by atomic mass is 32.2. The van der Waals surface area contributed by atoms with E-state index in [1.54, 1.807) is 0 Å². The molecule has 0 aliphatic rings. The van der Waals surface area contributed by atoms with Crippen molar-refractivity contribution in [2.24, 2.45) is 0 Å². The molecular weight excluding hydrogens is 158 g/mol. The lowest BCUT2D eigenvalue weighted by atomic mass is 10.5. The predicted octanol–water partition coefficient (Wildman–Crippen LogP) is 1.05. The molecule has 0 rings (SSSR count). The van der Waals surface area contributed by atoms with Crippen LogP contribution >= 0.6 is 11.8 Å². The summed E-state index contributed by atoms with van der Waals surface area (Å²) in [5.74, 6) is 2.02. The zero-order chi connectivity index (χ0) is 8.53. The third-order valence-corrected chi connectivity index (χ3v) is 2.62. The Bertz CT molecular complexity index is 76.5. The van der Waals surface area contributed by atoms with Crippen LogP contribution in [-0.2, 0) is 0 Å². The summed E-state index contributed by atoms with van der Waals surface area (Å²) < 4.78 is 0. The van der Waals surface area contributed by atoms with E-state index >= 15 is 0 Å². The molecule has 0 fully saturated rings. The van der Waals surface area contributed by atoms with Crippen LogP contribution in [0.15, 0.2) is 0 Å². The van der Waals surface area contributed by atoms with Crippen LogP contribution in [0, 0.1) is 0 Å². The molecule has 0 spiro atoms. The molecular formula is C8H19NOS. The summed E-state index contributed by atoms with van der Waals surface area (Å²) in [6.45, 7) is 8.09. The molecule has 0 amide bonds. The van der Waals surface area contributed by atoms with Gasteiger partial charge >= 0.3 is 0 Å². The second-order valence-electron chi connectivity index (χ2n) is 2.36. The van der Waals surface area contributed by atoms with E-state index in [1.807, 2.05) is 11.8 Å². The fourth-order valence-electron chi connectivity index (χ4n) is 0.900. The van der Waals surface area contributed by atoms with Gasteiger partial charge in [-0.05, 0) is 13.1 Å². The quantitative estimate of drug-likeness (QED) is 0.588. The van der Waals surface area contributed by atoms with Gasteiger partial charge in [0, 0.05) is 18.1 Å². The Balaban J connectivity index is 3.07. The van der Waals surface area contributed by atoms with Crippen LogP contribution in [0.1, 0.15) is 13.8 Å². The molecule has 0 aliphatic carbocycles. The van der Waals surface area contributed by atoms with Crippen LogP contribution in [0.4, 0.5) is 0 Å². The minimum absolute atomic E-state index is 0.308. The lowest BCUT2D eigenvalue weighted by Crippen LogP contribution is -2.25. The van der Waals surface area contributed by atoms with Gasteiger partial charge in [0.2, 0.25) is 0 Å². The Morgan fingerprint density at radius 1 is 1.18 bits per heavy atom. The third kappa shape index (κ3) is 6.66. The van der Waals surface area contributed by atoms with Crippen LogP contribution in [0.5, 0.6) is 0 Å². The summed E-state index contributed by atoms with van der Waals surface area (Å²) in [5.41, 5.74) is 0. The number of aliphatic hydroxyl groups excluding tert-OH is 1. The first kappa shape index (κ1) is 11.3. The Hall–Kier alpha value is 0.270. The molecule has 0 bridgehead atoms. The standard InChI is InChI=1S/C8H19NOS/c1-3-9(4-2)5-7-11-8-6-10/h10H,3-8H2,1-2H3. The zero-order valence-corrected chi connectivity index (χ0v) is 8.36. The van der Waals surface area contributed by atoms with Crippen LogP contribution < -0.4 is 0 Å². The molecule has 0 aliphatic heterocycles. The number of aliphatic hydroxyl groups is 1. The van der Waals surface area contributed by atoms with E-state index in [0.717, 1.165) is 31.1 Å². The van der Waals surface area contributed by atoms with Gasteiger partial charge in [-0.15, -0.1) is 0 Å². The first-order chi connectivity index (χ1) is 5.35. The number of rotatable bonds is 7. The molecule has 68 valence electrons. The highest BCUT2D eigenvalue weighted by Crippen LogP contribution is 1.99. The molecule has 1 N–H and O–H groups in total. The Morgan fingerprint density at radius 3 is 2.27 bits per heavy atom. The van der Waals surface area contributed by atoms with Crippen molar-refractivity contribution < 1.29 is 5.11 Å². The fourth-order valence-corrected chi connectivity index (χ4v) is 1.62. The van der Waals surface area contributed by atoms with E-state index in [0.29, 0.717) is 6.61 Å². The van der Waals surface area contributed by atoms with E-state index in [2.05, 4.69) is 18.7 Å². The maximum atomic E-state index is 8.51. The number of hydrogen-bond acceptors (Lipinski definition) is 3. The molecule has 0 saturated carbocycles. The van der Waals surface area contributed by atoms with Crippen molar-refractivity contribution in [2.75, 3.05) is 37.7 Å². The van der Waals surface area contributed by atoms with Gasteiger partial charge in [0.15, 0.2) is 0 Å². The minimum Gasteiger partial charge on any atom is -0.396 e. The normalized spacial score (nSPS) is 10.9. The smallest absolute Gasteiger partial charge is 0.0521 e. The van der Waals surface area contributed by atoms with Gasteiger partial charge in [-0.25, -0.2) is 0 Å². The summed E-state index contributed by atoms with van der Waals surface area (Å²) in [5, 5.41) is 8.51. The summed E-state index contributed by atoms with van der Waals surface area (Å²) in [6, 6.07) is 0. The summed E-state index contributed by atoms with van der Waals surface area (Å²) in [7, 11) is 0. The lowest BCUT2D eigenvalue weighted by Gasteiger charge is -2.16. The number of nitrogens with zero attached hydrogens (tertiary/aromatic N) is 1. The van der Waals surface area contributed by atoms with Gasteiger partial charge in [0.05, 0.1) is 6.61 Å². The highest BCUT2D eigenvalue weighted by molar-refractivity contribution is 7.99. The SMILES string of the molecule is CCN(CC)CCSCCO. The fraction of sp³-hybridized carbons (Fsp3) is 1.00. The molecule has 0 aromatic heterocycles. The minimum atomic E-state index is 0.308. The van der Waals surface area contributed by atoms with Crippen molar-refractivity contribution in [3.05, 3.63) is 0 Å². The van der Waals surface area contributed by atoms with Gasteiger partial charge < -0.3 is 10.0 Å². The topological polar surface area (TPSA) is 23.5 Å². The maximum Gasteiger partial charge on any atom is 0.0521 e. The summed E-state index contributed by atoms with van der Waals surface area (Å²) >= 11 is 1.82. The van der Waals surface area contributed by atoms with Gasteiger partial charge in [-0.2, -0.15) is 11.8 Å². The van der Waals surface area contributed by atoms with Gasteiger partial charge in [-0.3, -0.25) is 0 Å². The van der Waals surface area contributed by atoms with Crippen molar-refractivity contribution in [3.8, 4) is 0 Å². The van der Waals surface area contributed by atoms with Gasteiger partial charge in [0.1, 0.15) is 0 Å². The second-order valence-corrected chi connectivity index (χ2v) is 3.59. The predicted molar refractivity (Wildman–Crippen MR) is 52.2 cm³/mol. The third-order valence-electron chi connectivity index (χ3n) is 1.68. The van der Waals surface area contributed by atoms with E-state index < -0.39 is 0 Å². The molecule has 0 saturated heterocycles. The zero-order valence-electron chi connectivity index (χ0n) is 7.55. The molecule has 11 heavy (non-hydrogen) atoms. The Morgan fingerprint density at radius 2 is 1.82 bits per heavy atom. The first-order valence-electron chi connectivity index (χ1n) is 4.26. The largest absolute Gasteiger partial charge is 0.396 e. The molecule has 0 radical (unpaired) electrons.